The smallest absolute Gasteiger partial charge is 0.269 e. The summed E-state index contributed by atoms with van der Waals surface area (Å²) >= 11 is 0. The van der Waals surface area contributed by atoms with Crippen molar-refractivity contribution in [1.82, 2.24) is 0 Å². The number of unbranched alkanes of at least 4 members (excludes halogenated alkanes) is 3. The van der Waals surface area contributed by atoms with Crippen LogP contribution in [0.2, 0.25) is 0 Å². The molecule has 0 aromatic heterocycles. The Bertz CT molecular complexity index is 751. The van der Waals surface area contributed by atoms with E-state index in [1.807, 2.05) is 6.08 Å². The first-order valence-electron chi connectivity index (χ1n) is 9.93. The first kappa shape index (κ1) is 20.7. The van der Waals surface area contributed by atoms with Crippen LogP contribution >= 0.6 is 0 Å². The van der Waals surface area contributed by atoms with Gasteiger partial charge in [-0.2, -0.15) is 0 Å². The molecular weight excluding hydrogens is 336 g/mol. The van der Waals surface area contributed by atoms with Gasteiger partial charge < -0.3 is 5.32 Å². The highest BCUT2D eigenvalue weighted by molar-refractivity contribution is 5.77. The van der Waals surface area contributed by atoms with Crippen LogP contribution in [0.4, 0.5) is 11.4 Å². The molecule has 0 aliphatic rings. The van der Waals surface area contributed by atoms with Crippen LogP contribution < -0.4 is 5.32 Å². The Balaban J connectivity index is 2.12. The maximum absolute atomic E-state index is 10.8. The predicted octanol–water partition coefficient (Wildman–Crippen LogP) is 6.71. The van der Waals surface area contributed by atoms with Crippen LogP contribution in [-0.2, 0) is 6.42 Å². The van der Waals surface area contributed by atoms with Crippen molar-refractivity contribution in [3.05, 3.63) is 69.3 Å². The van der Waals surface area contributed by atoms with Crippen molar-refractivity contribution in [2.24, 2.45) is 0 Å². The minimum Gasteiger partial charge on any atom is -0.385 e. The fourth-order valence-corrected chi connectivity index (χ4v) is 2.97. The van der Waals surface area contributed by atoms with Gasteiger partial charge in [-0.05, 0) is 54.2 Å². The third kappa shape index (κ3) is 6.89. The molecule has 0 aliphatic heterocycles. The van der Waals surface area contributed by atoms with Crippen LogP contribution in [0.5, 0.6) is 0 Å². The van der Waals surface area contributed by atoms with Gasteiger partial charge in [0.2, 0.25) is 0 Å². The highest BCUT2D eigenvalue weighted by atomic mass is 16.6. The Hall–Kier alpha value is -2.62. The van der Waals surface area contributed by atoms with E-state index in [4.69, 9.17) is 0 Å². The van der Waals surface area contributed by atoms with E-state index in [0.29, 0.717) is 0 Å². The van der Waals surface area contributed by atoms with E-state index in [9.17, 15) is 10.1 Å². The fourth-order valence-electron chi connectivity index (χ4n) is 2.97. The van der Waals surface area contributed by atoms with Crippen molar-refractivity contribution >= 4 is 23.5 Å². The number of rotatable bonds is 11. The highest BCUT2D eigenvalue weighted by Crippen LogP contribution is 2.23. The molecule has 0 spiro atoms. The van der Waals surface area contributed by atoms with E-state index in [1.54, 1.807) is 12.1 Å². The monoisotopic (exact) mass is 366 g/mol. The zero-order valence-corrected chi connectivity index (χ0v) is 16.4. The summed E-state index contributed by atoms with van der Waals surface area (Å²) in [7, 11) is 0. The second kappa shape index (κ2) is 11.2. The molecule has 0 radical (unpaired) electrons. The summed E-state index contributed by atoms with van der Waals surface area (Å²) in [6.45, 7) is 5.34. The lowest BCUT2D eigenvalue weighted by Crippen LogP contribution is -2.02. The van der Waals surface area contributed by atoms with Crippen LogP contribution in [0.25, 0.3) is 12.2 Å². The number of anilines is 1. The minimum atomic E-state index is -0.375. The van der Waals surface area contributed by atoms with Gasteiger partial charge in [-0.25, -0.2) is 0 Å². The molecule has 2 aromatic rings. The number of nitro benzene ring substituents is 1. The third-order valence-electron chi connectivity index (χ3n) is 4.56. The van der Waals surface area contributed by atoms with Crippen molar-refractivity contribution in [1.29, 1.82) is 0 Å². The van der Waals surface area contributed by atoms with Crippen LogP contribution in [0.3, 0.4) is 0 Å². The molecule has 0 saturated carbocycles. The molecule has 0 aliphatic carbocycles. The van der Waals surface area contributed by atoms with E-state index < -0.39 is 0 Å². The average molecular weight is 367 g/mol. The van der Waals surface area contributed by atoms with Gasteiger partial charge in [0.15, 0.2) is 0 Å². The molecule has 0 unspecified atom stereocenters. The van der Waals surface area contributed by atoms with Gasteiger partial charge >= 0.3 is 0 Å². The van der Waals surface area contributed by atoms with Gasteiger partial charge in [-0.15, -0.1) is 0 Å². The molecule has 0 heterocycles. The number of nitrogens with one attached hydrogen (secondary N) is 1. The topological polar surface area (TPSA) is 55.2 Å². The van der Waals surface area contributed by atoms with Crippen molar-refractivity contribution in [2.75, 3.05) is 11.9 Å². The van der Waals surface area contributed by atoms with Crippen LogP contribution in [-0.4, -0.2) is 11.5 Å². The Morgan fingerprint density at radius 1 is 0.963 bits per heavy atom. The Morgan fingerprint density at radius 3 is 2.41 bits per heavy atom. The van der Waals surface area contributed by atoms with Gasteiger partial charge in [0, 0.05) is 24.4 Å². The lowest BCUT2D eigenvalue weighted by atomic mass is 10.0. The number of hydrogen-bond acceptors (Lipinski definition) is 3. The molecule has 0 bridgehead atoms. The van der Waals surface area contributed by atoms with Crippen molar-refractivity contribution in [2.45, 2.75) is 52.4 Å². The van der Waals surface area contributed by atoms with E-state index in [0.717, 1.165) is 36.2 Å². The average Bonchev–Trinajstić information content (AvgIpc) is 2.69. The molecule has 1 N–H and O–H groups in total. The van der Waals surface area contributed by atoms with Crippen LogP contribution in [0.1, 0.15) is 62.6 Å². The van der Waals surface area contributed by atoms with E-state index in [-0.39, 0.29) is 10.6 Å². The fraction of sp³-hybridized carbons (Fsp3) is 0.391. The van der Waals surface area contributed by atoms with Gasteiger partial charge in [-0.1, -0.05) is 57.4 Å². The molecule has 0 amide bonds. The Kier molecular flexibility index (Phi) is 8.56. The zero-order valence-electron chi connectivity index (χ0n) is 16.4. The molecule has 0 atom stereocenters. The van der Waals surface area contributed by atoms with E-state index in [1.165, 1.54) is 43.4 Å². The van der Waals surface area contributed by atoms with Crippen molar-refractivity contribution < 1.29 is 4.92 Å². The van der Waals surface area contributed by atoms with Crippen molar-refractivity contribution in [3.63, 3.8) is 0 Å². The molecular formula is C23H30N2O2. The normalized spacial score (nSPS) is 11.0. The lowest BCUT2D eigenvalue weighted by Gasteiger charge is -2.11. The second-order valence-corrected chi connectivity index (χ2v) is 6.84. The summed E-state index contributed by atoms with van der Waals surface area (Å²) in [6.07, 6.45) is 11.3. The molecule has 0 saturated heterocycles. The maximum atomic E-state index is 10.8. The molecule has 144 valence electrons. The summed E-state index contributed by atoms with van der Waals surface area (Å²) in [5.74, 6) is 0. The quantitative estimate of drug-likeness (QED) is 0.208. The largest absolute Gasteiger partial charge is 0.385 e. The van der Waals surface area contributed by atoms with E-state index >= 15 is 0 Å². The van der Waals surface area contributed by atoms with Gasteiger partial charge in [0.25, 0.3) is 5.69 Å². The Labute approximate surface area is 162 Å². The third-order valence-corrected chi connectivity index (χ3v) is 4.56. The summed E-state index contributed by atoms with van der Waals surface area (Å²) < 4.78 is 0. The summed E-state index contributed by atoms with van der Waals surface area (Å²) in [5, 5.41) is 14.3. The molecule has 4 nitrogen and oxygen atoms in total. The standard InChI is InChI=1S/C23H30N2O2/c1-3-5-6-7-8-20-10-14-21(23(18-20)24-17-4-2)13-9-19-11-15-22(16-12-19)25(26)27/h9-16,18,24H,3-8,17H2,1-2H3. The summed E-state index contributed by atoms with van der Waals surface area (Å²) in [6, 6.07) is 13.3. The van der Waals surface area contributed by atoms with Gasteiger partial charge in [0.1, 0.15) is 0 Å². The predicted molar refractivity (Wildman–Crippen MR) is 115 cm³/mol. The minimum absolute atomic E-state index is 0.116. The second-order valence-electron chi connectivity index (χ2n) is 6.84. The van der Waals surface area contributed by atoms with Gasteiger partial charge in [-0.3, -0.25) is 10.1 Å². The van der Waals surface area contributed by atoms with Crippen LogP contribution in [0.15, 0.2) is 42.5 Å². The summed E-state index contributed by atoms with van der Waals surface area (Å²) in [4.78, 5) is 10.4. The molecule has 27 heavy (non-hydrogen) atoms. The zero-order chi connectivity index (χ0) is 19.5. The summed E-state index contributed by atoms with van der Waals surface area (Å²) in [5.41, 5.74) is 4.73. The molecule has 0 fully saturated rings. The Morgan fingerprint density at radius 2 is 1.74 bits per heavy atom. The lowest BCUT2D eigenvalue weighted by molar-refractivity contribution is -0.384. The maximum Gasteiger partial charge on any atom is 0.269 e. The SMILES string of the molecule is CCCCCCc1ccc(C=Cc2ccc([N+](=O)[O-])cc2)c(NCCC)c1. The number of benzene rings is 2. The number of aryl methyl sites for hydroxylation is 1. The number of hydrogen-bond donors (Lipinski definition) is 1. The number of non-ortho nitro benzene ring substituents is 1. The molecule has 2 aromatic carbocycles. The van der Waals surface area contributed by atoms with Gasteiger partial charge in [0.05, 0.1) is 4.92 Å². The number of nitro groups is 1. The van der Waals surface area contributed by atoms with Crippen LogP contribution in [0, 0.1) is 10.1 Å². The first-order chi connectivity index (χ1) is 13.1. The molecule has 4 heteroatoms. The molecule has 2 rings (SSSR count). The number of nitrogens with zero attached hydrogens (tertiary/aromatic N) is 1. The van der Waals surface area contributed by atoms with E-state index in [2.05, 4.69) is 43.4 Å². The first-order valence-corrected chi connectivity index (χ1v) is 9.93. The highest BCUT2D eigenvalue weighted by Gasteiger charge is 2.04. The van der Waals surface area contributed by atoms with Crippen molar-refractivity contribution in [3.8, 4) is 0 Å².